The number of benzene rings is 2. The summed E-state index contributed by atoms with van der Waals surface area (Å²) in [5, 5.41) is 3.49. The maximum absolute atomic E-state index is 12.5. The van der Waals surface area contributed by atoms with Crippen molar-refractivity contribution in [1.82, 2.24) is 15.0 Å². The van der Waals surface area contributed by atoms with Crippen molar-refractivity contribution in [3.63, 3.8) is 0 Å². The zero-order valence-corrected chi connectivity index (χ0v) is 16.0. The molecule has 0 aliphatic rings. The van der Waals surface area contributed by atoms with Crippen LogP contribution in [0, 0.1) is 0 Å². The summed E-state index contributed by atoms with van der Waals surface area (Å²) >= 11 is 5.89. The van der Waals surface area contributed by atoms with Gasteiger partial charge in [0.2, 0.25) is 5.95 Å². The Balaban J connectivity index is 1.66. The number of carbonyl (C=O) groups excluding carboxylic acids is 1. The monoisotopic (exact) mass is 401 g/mol. The van der Waals surface area contributed by atoms with Crippen molar-refractivity contribution in [2.24, 2.45) is 0 Å². The maximum atomic E-state index is 12.5. The highest BCUT2D eigenvalue weighted by atomic mass is 35.5. The molecule has 4 aromatic rings. The molecule has 2 aromatic heterocycles. The van der Waals surface area contributed by atoms with Crippen LogP contribution in [0.25, 0.3) is 0 Å². The van der Waals surface area contributed by atoms with Gasteiger partial charge >= 0.3 is 0 Å². The van der Waals surface area contributed by atoms with Crippen LogP contribution < -0.4 is 10.2 Å². The van der Waals surface area contributed by atoms with Crippen LogP contribution in [0.1, 0.15) is 10.4 Å². The molecular weight excluding hydrogens is 386 g/mol. The molecule has 1 N–H and O–H groups in total. The van der Waals surface area contributed by atoms with Gasteiger partial charge in [0.25, 0.3) is 5.91 Å². The van der Waals surface area contributed by atoms with Gasteiger partial charge in [-0.1, -0.05) is 17.7 Å². The topological polar surface area (TPSA) is 71.0 Å². The summed E-state index contributed by atoms with van der Waals surface area (Å²) in [6.45, 7) is 0. The first-order chi connectivity index (χ1) is 14.2. The number of hydrogen-bond acceptors (Lipinski definition) is 5. The Bertz CT molecular complexity index is 1070. The van der Waals surface area contributed by atoms with Crippen LogP contribution >= 0.6 is 11.6 Å². The summed E-state index contributed by atoms with van der Waals surface area (Å²) in [6, 6.07) is 19.7. The Hall–Kier alpha value is -3.77. The molecule has 0 atom stereocenters. The lowest BCUT2D eigenvalue weighted by Gasteiger charge is -2.23. The molecule has 0 aliphatic heterocycles. The summed E-state index contributed by atoms with van der Waals surface area (Å²) in [5.74, 6) is 0.282. The molecule has 29 heavy (non-hydrogen) atoms. The van der Waals surface area contributed by atoms with Gasteiger partial charge in [-0.2, -0.15) is 0 Å². The highest BCUT2D eigenvalue weighted by molar-refractivity contribution is 6.30. The summed E-state index contributed by atoms with van der Waals surface area (Å²) in [7, 11) is 0. The average Bonchev–Trinajstić information content (AvgIpc) is 2.76. The van der Waals surface area contributed by atoms with E-state index in [0.717, 1.165) is 11.4 Å². The molecule has 0 fully saturated rings. The lowest BCUT2D eigenvalue weighted by molar-refractivity contribution is 0.102. The molecule has 6 nitrogen and oxygen atoms in total. The molecule has 0 aliphatic carbocycles. The standard InChI is InChI=1S/C22H16ClN5O/c23-17-9-7-16(8-10-17)21(29)27-18-4-1-5-19(14-18)28(20-6-2-11-24-15-20)22-25-12-3-13-26-22/h1-15H,(H,27,29). The van der Waals surface area contributed by atoms with Gasteiger partial charge in [0.05, 0.1) is 17.6 Å². The molecule has 7 heteroatoms. The van der Waals surface area contributed by atoms with E-state index in [0.29, 0.717) is 22.2 Å². The Labute approximate surface area is 172 Å². The van der Waals surface area contributed by atoms with Crippen molar-refractivity contribution in [2.45, 2.75) is 0 Å². The summed E-state index contributed by atoms with van der Waals surface area (Å²) in [5.41, 5.74) is 2.76. The number of nitrogens with zero attached hydrogens (tertiary/aromatic N) is 4. The van der Waals surface area contributed by atoms with Crippen molar-refractivity contribution in [2.75, 3.05) is 10.2 Å². The van der Waals surface area contributed by atoms with Crippen LogP contribution in [-0.2, 0) is 0 Å². The Morgan fingerprint density at radius 1 is 0.862 bits per heavy atom. The molecule has 0 radical (unpaired) electrons. The minimum Gasteiger partial charge on any atom is -0.322 e. The minimum atomic E-state index is -0.220. The molecule has 1 amide bonds. The lowest BCUT2D eigenvalue weighted by atomic mass is 10.2. The second-order valence-electron chi connectivity index (χ2n) is 6.11. The third-order valence-electron chi connectivity index (χ3n) is 4.12. The molecule has 0 saturated carbocycles. The molecule has 0 bridgehead atoms. The quantitative estimate of drug-likeness (QED) is 0.494. The average molecular weight is 402 g/mol. The molecule has 0 saturated heterocycles. The minimum absolute atomic E-state index is 0.220. The van der Waals surface area contributed by atoms with Gasteiger partial charge in [0.1, 0.15) is 0 Å². The van der Waals surface area contributed by atoms with Crippen LogP contribution in [0.15, 0.2) is 91.5 Å². The number of carbonyl (C=O) groups is 1. The van der Waals surface area contributed by atoms with E-state index in [-0.39, 0.29) is 5.91 Å². The fourth-order valence-corrected chi connectivity index (χ4v) is 2.93. The van der Waals surface area contributed by atoms with Gasteiger partial charge in [-0.05, 0) is 60.7 Å². The number of nitrogens with one attached hydrogen (secondary N) is 1. The fourth-order valence-electron chi connectivity index (χ4n) is 2.80. The molecular formula is C22H16ClN5O. The van der Waals surface area contributed by atoms with Crippen LogP contribution in [0.3, 0.4) is 0 Å². The number of aromatic nitrogens is 3. The number of rotatable bonds is 5. The van der Waals surface area contributed by atoms with E-state index < -0.39 is 0 Å². The van der Waals surface area contributed by atoms with E-state index in [2.05, 4.69) is 20.3 Å². The molecule has 0 unspecified atom stereocenters. The third-order valence-corrected chi connectivity index (χ3v) is 4.38. The Morgan fingerprint density at radius 2 is 1.62 bits per heavy atom. The first-order valence-electron chi connectivity index (χ1n) is 8.85. The number of hydrogen-bond donors (Lipinski definition) is 1. The van der Waals surface area contributed by atoms with Crippen LogP contribution in [-0.4, -0.2) is 20.9 Å². The number of anilines is 4. The Kier molecular flexibility index (Phi) is 5.45. The molecule has 2 heterocycles. The molecule has 2 aromatic carbocycles. The van der Waals surface area contributed by atoms with E-state index in [9.17, 15) is 4.79 Å². The predicted octanol–water partition coefficient (Wildman–Crippen LogP) is 5.25. The van der Waals surface area contributed by atoms with E-state index in [4.69, 9.17) is 11.6 Å². The van der Waals surface area contributed by atoms with Crippen molar-refractivity contribution >= 4 is 40.5 Å². The van der Waals surface area contributed by atoms with E-state index in [1.165, 1.54) is 0 Å². The first kappa shape index (κ1) is 18.6. The second-order valence-corrected chi connectivity index (χ2v) is 6.54. The highest BCUT2D eigenvalue weighted by Gasteiger charge is 2.16. The van der Waals surface area contributed by atoms with Crippen molar-refractivity contribution < 1.29 is 4.79 Å². The van der Waals surface area contributed by atoms with E-state index in [1.54, 1.807) is 55.1 Å². The first-order valence-corrected chi connectivity index (χ1v) is 9.23. The Morgan fingerprint density at radius 3 is 2.34 bits per heavy atom. The van der Waals surface area contributed by atoms with Crippen molar-refractivity contribution in [3.05, 3.63) is 102 Å². The maximum Gasteiger partial charge on any atom is 0.255 e. The zero-order valence-electron chi connectivity index (χ0n) is 15.2. The molecule has 4 rings (SSSR count). The van der Waals surface area contributed by atoms with Crippen molar-refractivity contribution in [3.8, 4) is 0 Å². The SMILES string of the molecule is O=C(Nc1cccc(N(c2cccnc2)c2ncccn2)c1)c1ccc(Cl)cc1. The van der Waals surface area contributed by atoms with E-state index in [1.807, 2.05) is 41.3 Å². The largest absolute Gasteiger partial charge is 0.322 e. The predicted molar refractivity (Wildman–Crippen MR) is 114 cm³/mol. The second kappa shape index (κ2) is 8.50. The van der Waals surface area contributed by atoms with Gasteiger partial charge in [-0.3, -0.25) is 14.7 Å². The van der Waals surface area contributed by atoms with Crippen molar-refractivity contribution in [1.29, 1.82) is 0 Å². The zero-order chi connectivity index (χ0) is 20.1. The van der Waals surface area contributed by atoms with Gasteiger partial charge in [-0.15, -0.1) is 0 Å². The normalized spacial score (nSPS) is 10.4. The van der Waals surface area contributed by atoms with Crippen LogP contribution in [0.4, 0.5) is 23.0 Å². The third kappa shape index (κ3) is 4.39. The lowest BCUT2D eigenvalue weighted by Crippen LogP contribution is -2.15. The van der Waals surface area contributed by atoms with Gasteiger partial charge in [-0.25, -0.2) is 9.97 Å². The molecule has 142 valence electrons. The van der Waals surface area contributed by atoms with Crippen LogP contribution in [0.2, 0.25) is 5.02 Å². The van der Waals surface area contributed by atoms with Crippen LogP contribution in [0.5, 0.6) is 0 Å². The van der Waals surface area contributed by atoms with Gasteiger partial charge < -0.3 is 5.32 Å². The highest BCUT2D eigenvalue weighted by Crippen LogP contribution is 2.32. The molecule has 0 spiro atoms. The van der Waals surface area contributed by atoms with E-state index >= 15 is 0 Å². The number of pyridine rings is 1. The summed E-state index contributed by atoms with van der Waals surface area (Å²) in [4.78, 5) is 27.3. The number of amides is 1. The smallest absolute Gasteiger partial charge is 0.255 e. The fraction of sp³-hybridized carbons (Fsp3) is 0. The van der Waals surface area contributed by atoms with Gasteiger partial charge in [0.15, 0.2) is 0 Å². The number of halogens is 1. The summed E-state index contributed by atoms with van der Waals surface area (Å²) < 4.78 is 0. The van der Waals surface area contributed by atoms with Gasteiger partial charge in [0, 0.05) is 34.9 Å². The summed E-state index contributed by atoms with van der Waals surface area (Å²) in [6.07, 6.45) is 6.79.